The molecule has 0 aliphatic carbocycles. The van der Waals surface area contributed by atoms with Gasteiger partial charge in [0.15, 0.2) is 5.96 Å². The summed E-state index contributed by atoms with van der Waals surface area (Å²) in [6.45, 7) is 4.22. The maximum absolute atomic E-state index is 11.6. The molecule has 3 heterocycles. The highest BCUT2D eigenvalue weighted by Crippen LogP contribution is 2.17. The molecular weight excluding hydrogens is 465 g/mol. The Kier molecular flexibility index (Phi) is 9.03. The molecule has 0 bridgehead atoms. The molecule has 0 radical (unpaired) electrons. The number of carbonyl (C=O) groups excluding carboxylic acids is 2. The van der Waals surface area contributed by atoms with E-state index in [9.17, 15) is 9.59 Å². The van der Waals surface area contributed by atoms with Crippen LogP contribution in [0, 0.1) is 0 Å². The van der Waals surface area contributed by atoms with Crippen molar-refractivity contribution in [2.24, 2.45) is 4.99 Å². The van der Waals surface area contributed by atoms with Gasteiger partial charge in [0.2, 0.25) is 5.91 Å². The number of halogens is 1. The molecule has 0 aromatic carbocycles. The Hall–Kier alpha value is -1.14. The molecule has 3 fully saturated rings. The van der Waals surface area contributed by atoms with Crippen LogP contribution in [0.4, 0.5) is 4.79 Å². The van der Waals surface area contributed by atoms with Crippen molar-refractivity contribution in [1.82, 2.24) is 20.4 Å². The minimum absolute atomic E-state index is 0. The van der Waals surface area contributed by atoms with Gasteiger partial charge in [0, 0.05) is 39.8 Å². The number of nitrogens with zero attached hydrogens (tertiary/aromatic N) is 3. The van der Waals surface area contributed by atoms with E-state index in [2.05, 4.69) is 20.5 Å². The van der Waals surface area contributed by atoms with E-state index < -0.39 is 0 Å². The number of imide groups is 1. The summed E-state index contributed by atoms with van der Waals surface area (Å²) in [5.41, 5.74) is 0. The number of hydrogen-bond donors (Lipinski definition) is 2. The predicted molar refractivity (Wildman–Crippen MR) is 111 cm³/mol. The molecule has 154 valence electrons. The number of likely N-dealkylation sites (tertiary alicyclic amines) is 1. The molecule has 3 aliphatic heterocycles. The van der Waals surface area contributed by atoms with Crippen LogP contribution in [0.15, 0.2) is 4.99 Å². The van der Waals surface area contributed by atoms with Gasteiger partial charge in [-0.15, -0.1) is 24.0 Å². The van der Waals surface area contributed by atoms with Crippen molar-refractivity contribution in [1.29, 1.82) is 0 Å². The third-order valence-corrected chi connectivity index (χ3v) is 5.05. The van der Waals surface area contributed by atoms with E-state index in [0.717, 1.165) is 51.3 Å². The molecule has 3 rings (SSSR count). The van der Waals surface area contributed by atoms with Crippen LogP contribution >= 0.6 is 24.0 Å². The third kappa shape index (κ3) is 6.18. The Labute approximate surface area is 177 Å². The first kappa shape index (κ1) is 22.2. The lowest BCUT2D eigenvalue weighted by Gasteiger charge is -2.34. The maximum atomic E-state index is 11.6. The minimum atomic E-state index is -0.323. The normalized spacial score (nSPS) is 24.2. The van der Waals surface area contributed by atoms with Crippen LogP contribution in [0.25, 0.3) is 0 Å². The summed E-state index contributed by atoms with van der Waals surface area (Å²) in [5, 5.41) is 5.76. The quantitative estimate of drug-likeness (QED) is 0.240. The summed E-state index contributed by atoms with van der Waals surface area (Å²) in [6.07, 6.45) is 4.71. The van der Waals surface area contributed by atoms with Crippen LogP contribution in [0.5, 0.6) is 0 Å². The number of nitrogens with one attached hydrogen (secondary N) is 2. The fourth-order valence-electron chi connectivity index (χ4n) is 3.55. The van der Waals surface area contributed by atoms with E-state index in [1.807, 2.05) is 0 Å². The molecule has 10 heteroatoms. The summed E-state index contributed by atoms with van der Waals surface area (Å²) in [6, 6.07) is -0.323. The van der Waals surface area contributed by atoms with Gasteiger partial charge < -0.3 is 25.0 Å². The average molecular weight is 495 g/mol. The van der Waals surface area contributed by atoms with Crippen molar-refractivity contribution in [2.75, 3.05) is 53.0 Å². The summed E-state index contributed by atoms with van der Waals surface area (Å²) < 4.78 is 11.6. The molecule has 1 atom stereocenters. The number of urea groups is 1. The molecule has 3 saturated heterocycles. The first-order valence-corrected chi connectivity index (χ1v) is 9.44. The Balaban J connectivity index is 0.00000261. The lowest BCUT2D eigenvalue weighted by molar-refractivity contribution is -0.124. The molecular formula is C17H30IN5O4. The first-order chi connectivity index (χ1) is 12.7. The maximum Gasteiger partial charge on any atom is 0.324 e. The number of rotatable bonds is 6. The molecule has 0 aromatic heterocycles. The van der Waals surface area contributed by atoms with Crippen molar-refractivity contribution in [3.63, 3.8) is 0 Å². The average Bonchev–Trinajstić information content (AvgIpc) is 3.29. The molecule has 3 amide bonds. The second-order valence-electron chi connectivity index (χ2n) is 6.83. The van der Waals surface area contributed by atoms with Crippen molar-refractivity contribution < 1.29 is 19.1 Å². The molecule has 0 saturated carbocycles. The molecule has 0 aromatic rings. The van der Waals surface area contributed by atoms with E-state index in [4.69, 9.17) is 9.47 Å². The molecule has 2 N–H and O–H groups in total. The largest absolute Gasteiger partial charge is 0.376 e. The summed E-state index contributed by atoms with van der Waals surface area (Å²) in [7, 11) is 1.75. The topological polar surface area (TPSA) is 95.5 Å². The molecule has 1 unspecified atom stereocenters. The van der Waals surface area contributed by atoms with Gasteiger partial charge in [0.1, 0.15) is 0 Å². The van der Waals surface area contributed by atoms with Gasteiger partial charge in [0.05, 0.1) is 25.4 Å². The first-order valence-electron chi connectivity index (χ1n) is 9.44. The van der Waals surface area contributed by atoms with E-state index >= 15 is 0 Å². The fourth-order valence-corrected chi connectivity index (χ4v) is 3.55. The zero-order valence-electron chi connectivity index (χ0n) is 15.8. The van der Waals surface area contributed by atoms with E-state index in [-0.39, 0.29) is 54.7 Å². The van der Waals surface area contributed by atoms with Crippen LogP contribution in [0.3, 0.4) is 0 Å². The van der Waals surface area contributed by atoms with Gasteiger partial charge in [0.25, 0.3) is 0 Å². The highest BCUT2D eigenvalue weighted by Gasteiger charge is 2.28. The van der Waals surface area contributed by atoms with Gasteiger partial charge in [-0.1, -0.05) is 0 Å². The van der Waals surface area contributed by atoms with Gasteiger partial charge >= 0.3 is 6.03 Å². The summed E-state index contributed by atoms with van der Waals surface area (Å²) >= 11 is 0. The lowest BCUT2D eigenvalue weighted by Crippen LogP contribution is -2.49. The zero-order chi connectivity index (χ0) is 18.4. The second-order valence-corrected chi connectivity index (χ2v) is 6.83. The monoisotopic (exact) mass is 495 g/mol. The number of guanidine groups is 1. The Morgan fingerprint density at radius 2 is 2.11 bits per heavy atom. The number of carbonyl (C=O) groups is 2. The number of piperidine rings is 1. The van der Waals surface area contributed by atoms with Gasteiger partial charge in [-0.25, -0.2) is 4.79 Å². The lowest BCUT2D eigenvalue weighted by atomic mass is 10.1. The summed E-state index contributed by atoms with van der Waals surface area (Å²) in [5.74, 6) is 0.616. The number of amides is 3. The van der Waals surface area contributed by atoms with E-state index in [0.29, 0.717) is 19.7 Å². The van der Waals surface area contributed by atoms with Gasteiger partial charge in [-0.05, 0) is 25.7 Å². The fraction of sp³-hybridized carbons (Fsp3) is 0.824. The molecule has 3 aliphatic rings. The smallest absolute Gasteiger partial charge is 0.324 e. The van der Waals surface area contributed by atoms with Gasteiger partial charge in [-0.2, -0.15) is 0 Å². The van der Waals surface area contributed by atoms with E-state index in [1.54, 1.807) is 7.05 Å². The van der Waals surface area contributed by atoms with Crippen LogP contribution in [-0.2, 0) is 14.3 Å². The van der Waals surface area contributed by atoms with E-state index in [1.165, 1.54) is 4.90 Å². The third-order valence-electron chi connectivity index (χ3n) is 5.05. The van der Waals surface area contributed by atoms with Crippen molar-refractivity contribution in [3.05, 3.63) is 0 Å². The van der Waals surface area contributed by atoms with Crippen LogP contribution in [0.1, 0.15) is 25.7 Å². The number of hydrogen-bond acceptors (Lipinski definition) is 5. The van der Waals surface area contributed by atoms with Crippen LogP contribution in [-0.4, -0.2) is 92.9 Å². The Morgan fingerprint density at radius 3 is 2.70 bits per heavy atom. The standard InChI is InChI=1S/C17H29N5O4.HI/c1-18-16(19-6-9-22-15(23)11-20-17(22)24)21-7-4-13(5-8-21)26-12-14-3-2-10-25-14;/h13-14H,2-12H2,1H3,(H,18,19)(H,20,24);1H. The molecule has 9 nitrogen and oxygen atoms in total. The van der Waals surface area contributed by atoms with Crippen molar-refractivity contribution >= 4 is 41.9 Å². The number of ether oxygens (including phenoxy) is 2. The highest BCUT2D eigenvalue weighted by molar-refractivity contribution is 14.0. The van der Waals surface area contributed by atoms with Crippen molar-refractivity contribution in [3.8, 4) is 0 Å². The Bertz CT molecular complexity index is 517. The molecule has 27 heavy (non-hydrogen) atoms. The molecule has 0 spiro atoms. The SMILES string of the molecule is CN=C(NCCN1C(=O)CNC1=O)N1CCC(OCC2CCCO2)CC1.I. The minimum Gasteiger partial charge on any atom is -0.376 e. The van der Waals surface area contributed by atoms with Crippen molar-refractivity contribution in [2.45, 2.75) is 37.9 Å². The Morgan fingerprint density at radius 1 is 1.33 bits per heavy atom. The highest BCUT2D eigenvalue weighted by atomic mass is 127. The predicted octanol–water partition coefficient (Wildman–Crippen LogP) is 0.392. The van der Waals surface area contributed by atoms with Gasteiger partial charge in [-0.3, -0.25) is 14.7 Å². The number of aliphatic imine (C=N–C) groups is 1. The second kappa shape index (κ2) is 11.0. The van der Waals surface area contributed by atoms with Crippen LogP contribution in [0.2, 0.25) is 0 Å². The zero-order valence-corrected chi connectivity index (χ0v) is 18.1. The van der Waals surface area contributed by atoms with Crippen LogP contribution < -0.4 is 10.6 Å². The summed E-state index contributed by atoms with van der Waals surface area (Å²) in [4.78, 5) is 30.8.